The Morgan fingerprint density at radius 3 is 2.90 bits per heavy atom. The molecule has 1 amide bonds. The maximum atomic E-state index is 12.0. The third-order valence-corrected chi connectivity index (χ3v) is 5.86. The molecule has 0 aliphatic heterocycles. The molecule has 0 radical (unpaired) electrons. The van der Waals surface area contributed by atoms with Gasteiger partial charge in [-0.15, -0.1) is 11.3 Å². The van der Waals surface area contributed by atoms with Crippen LogP contribution in [-0.4, -0.2) is 34.6 Å². The number of ether oxygens (including phenoxy) is 1. The Bertz CT molecular complexity index is 1280. The summed E-state index contributed by atoms with van der Waals surface area (Å²) in [5.74, 6) is -1.57. The Kier molecular flexibility index (Phi) is 6.34. The average Bonchev–Trinajstić information content (AvgIpc) is 3.29. The summed E-state index contributed by atoms with van der Waals surface area (Å²) in [5.41, 5.74) is 1.82. The Labute approximate surface area is 185 Å². The highest BCUT2D eigenvalue weighted by Gasteiger charge is 2.13. The zero-order valence-electron chi connectivity index (χ0n) is 16.3. The van der Waals surface area contributed by atoms with Crippen LogP contribution in [0.5, 0.6) is 0 Å². The first kappa shape index (κ1) is 21.1. The van der Waals surface area contributed by atoms with Crippen molar-refractivity contribution in [2.75, 3.05) is 13.2 Å². The van der Waals surface area contributed by atoms with E-state index in [9.17, 15) is 14.4 Å². The Morgan fingerprint density at radius 1 is 1.23 bits per heavy atom. The zero-order chi connectivity index (χ0) is 21.8. The van der Waals surface area contributed by atoms with Crippen LogP contribution < -0.4 is 11.1 Å². The van der Waals surface area contributed by atoms with Crippen LogP contribution >= 0.6 is 22.9 Å². The van der Waals surface area contributed by atoms with Crippen LogP contribution in [0.4, 0.5) is 0 Å². The third kappa shape index (κ3) is 5.12. The summed E-state index contributed by atoms with van der Waals surface area (Å²) >= 11 is 7.47. The minimum Gasteiger partial charge on any atom is -0.456 e. The molecule has 0 bridgehead atoms. The van der Waals surface area contributed by atoms with Gasteiger partial charge in [-0.05, 0) is 24.3 Å². The van der Waals surface area contributed by atoms with Crippen LogP contribution in [0.2, 0.25) is 5.02 Å². The number of rotatable bonds is 8. The van der Waals surface area contributed by atoms with Crippen LogP contribution in [0.3, 0.4) is 0 Å². The van der Waals surface area contributed by atoms with Crippen molar-refractivity contribution < 1.29 is 18.7 Å². The van der Waals surface area contributed by atoms with Crippen molar-refractivity contribution in [2.45, 2.75) is 19.4 Å². The van der Waals surface area contributed by atoms with Crippen LogP contribution in [0, 0.1) is 0 Å². The molecule has 2 aromatic carbocycles. The van der Waals surface area contributed by atoms with Gasteiger partial charge in [-0.25, -0.2) is 9.78 Å². The number of hydrogen-bond donors (Lipinski definition) is 1. The summed E-state index contributed by atoms with van der Waals surface area (Å²) in [5, 5.41) is 4.08. The van der Waals surface area contributed by atoms with Crippen LogP contribution in [0.15, 0.2) is 51.7 Å². The molecule has 4 rings (SSSR count). The standard InChI is InChI=1S/C21H18ClN3O5S/c22-13-5-6-15-16(11-13)30-21(28)25(15)10-8-20(27)29-12-18(26)23-9-7-19-24-14-3-1-2-4-17(14)31-19/h1-6,11H,7-10,12H2,(H,23,26). The number of amides is 1. The Morgan fingerprint density at radius 2 is 2.06 bits per heavy atom. The molecule has 1 N–H and O–H groups in total. The molecule has 0 saturated heterocycles. The number of nitrogens with zero attached hydrogens (tertiary/aromatic N) is 2. The first-order valence-electron chi connectivity index (χ1n) is 9.55. The van der Waals surface area contributed by atoms with Gasteiger partial charge in [0.25, 0.3) is 5.91 Å². The molecule has 10 heteroatoms. The number of benzene rings is 2. The number of halogens is 1. The van der Waals surface area contributed by atoms with Gasteiger partial charge in [-0.1, -0.05) is 23.7 Å². The normalized spacial score (nSPS) is 11.1. The maximum Gasteiger partial charge on any atom is 0.419 e. The van der Waals surface area contributed by atoms with Gasteiger partial charge in [0, 0.05) is 30.6 Å². The molecular weight excluding hydrogens is 442 g/mol. The maximum absolute atomic E-state index is 12.0. The number of aryl methyl sites for hydroxylation is 1. The topological polar surface area (TPSA) is 103 Å². The summed E-state index contributed by atoms with van der Waals surface area (Å²) in [4.78, 5) is 40.3. The number of para-hydroxylation sites is 1. The van der Waals surface area contributed by atoms with Crippen LogP contribution in [0.1, 0.15) is 11.4 Å². The number of nitrogens with one attached hydrogen (secondary N) is 1. The number of aromatic nitrogens is 2. The number of carbonyl (C=O) groups excluding carboxylic acids is 2. The van der Waals surface area contributed by atoms with Crippen molar-refractivity contribution in [1.82, 2.24) is 14.9 Å². The second-order valence-electron chi connectivity index (χ2n) is 6.72. The van der Waals surface area contributed by atoms with E-state index in [0.29, 0.717) is 29.1 Å². The van der Waals surface area contributed by atoms with Gasteiger partial charge < -0.3 is 14.5 Å². The lowest BCUT2D eigenvalue weighted by molar-refractivity contribution is -0.148. The van der Waals surface area contributed by atoms with E-state index in [-0.39, 0.29) is 19.6 Å². The smallest absolute Gasteiger partial charge is 0.419 e. The monoisotopic (exact) mass is 459 g/mol. The molecule has 0 saturated carbocycles. The lowest BCUT2D eigenvalue weighted by atomic mass is 10.3. The van der Waals surface area contributed by atoms with Gasteiger partial charge in [-0.3, -0.25) is 14.2 Å². The van der Waals surface area contributed by atoms with E-state index in [0.717, 1.165) is 15.2 Å². The molecule has 2 aromatic heterocycles. The van der Waals surface area contributed by atoms with Crippen molar-refractivity contribution in [3.63, 3.8) is 0 Å². The highest BCUT2D eigenvalue weighted by molar-refractivity contribution is 7.18. The fourth-order valence-electron chi connectivity index (χ4n) is 3.06. The van der Waals surface area contributed by atoms with E-state index < -0.39 is 17.6 Å². The van der Waals surface area contributed by atoms with Crippen LogP contribution in [0.25, 0.3) is 21.3 Å². The fraction of sp³-hybridized carbons (Fsp3) is 0.238. The van der Waals surface area contributed by atoms with E-state index >= 15 is 0 Å². The zero-order valence-corrected chi connectivity index (χ0v) is 17.9. The predicted molar refractivity (Wildman–Crippen MR) is 117 cm³/mol. The van der Waals surface area contributed by atoms with Gasteiger partial charge in [-0.2, -0.15) is 0 Å². The van der Waals surface area contributed by atoms with Gasteiger partial charge in [0.1, 0.15) is 0 Å². The number of carbonyl (C=O) groups is 2. The minimum atomic E-state index is -0.587. The predicted octanol–water partition coefficient (Wildman–Crippen LogP) is 3.15. The van der Waals surface area contributed by atoms with Crippen molar-refractivity contribution in [3.05, 3.63) is 63.0 Å². The molecular formula is C21H18ClN3O5S. The van der Waals surface area contributed by atoms with Crippen molar-refractivity contribution in [2.24, 2.45) is 0 Å². The fourth-order valence-corrected chi connectivity index (χ4v) is 4.19. The second kappa shape index (κ2) is 9.32. The molecule has 4 aromatic rings. The summed E-state index contributed by atoms with van der Waals surface area (Å²) in [6.45, 7) is 0.0933. The molecule has 160 valence electrons. The van der Waals surface area contributed by atoms with E-state index in [4.69, 9.17) is 20.8 Å². The summed E-state index contributed by atoms with van der Waals surface area (Å²) in [6.07, 6.45) is 0.523. The molecule has 0 fully saturated rings. The lowest BCUT2D eigenvalue weighted by Gasteiger charge is -2.06. The Hall–Kier alpha value is -3.17. The molecule has 0 spiro atoms. The molecule has 0 unspecified atom stereocenters. The average molecular weight is 460 g/mol. The number of esters is 1. The van der Waals surface area contributed by atoms with E-state index in [2.05, 4.69) is 10.3 Å². The van der Waals surface area contributed by atoms with Gasteiger partial charge in [0.15, 0.2) is 12.2 Å². The Balaban J connectivity index is 1.20. The number of fused-ring (bicyclic) bond motifs is 2. The SMILES string of the molecule is O=C(COC(=O)CCn1c(=O)oc2cc(Cl)ccc21)NCCc1nc2ccccc2s1. The van der Waals surface area contributed by atoms with Crippen molar-refractivity contribution in [3.8, 4) is 0 Å². The summed E-state index contributed by atoms with van der Waals surface area (Å²) in [6, 6.07) is 12.7. The van der Waals surface area contributed by atoms with Crippen molar-refractivity contribution in [1.29, 1.82) is 0 Å². The van der Waals surface area contributed by atoms with Gasteiger partial charge in [0.05, 0.1) is 27.2 Å². The highest BCUT2D eigenvalue weighted by Crippen LogP contribution is 2.21. The van der Waals surface area contributed by atoms with Crippen LogP contribution in [-0.2, 0) is 27.3 Å². The van der Waals surface area contributed by atoms with Crippen molar-refractivity contribution >= 4 is 56.1 Å². The highest BCUT2D eigenvalue weighted by atomic mass is 35.5. The molecule has 31 heavy (non-hydrogen) atoms. The molecule has 2 heterocycles. The van der Waals surface area contributed by atoms with E-state index in [1.165, 1.54) is 10.6 Å². The summed E-state index contributed by atoms with van der Waals surface area (Å²) in [7, 11) is 0. The molecule has 8 nitrogen and oxygen atoms in total. The molecule has 0 aliphatic rings. The van der Waals surface area contributed by atoms with Gasteiger partial charge >= 0.3 is 11.7 Å². The first-order valence-corrected chi connectivity index (χ1v) is 10.7. The third-order valence-electron chi connectivity index (χ3n) is 4.53. The number of thiazole rings is 1. The lowest BCUT2D eigenvalue weighted by Crippen LogP contribution is -2.30. The van der Waals surface area contributed by atoms with E-state index in [1.54, 1.807) is 23.5 Å². The quantitative estimate of drug-likeness (QED) is 0.406. The summed E-state index contributed by atoms with van der Waals surface area (Å²) < 4.78 is 12.5. The largest absolute Gasteiger partial charge is 0.456 e. The number of oxazole rings is 1. The first-order chi connectivity index (χ1) is 15.0. The second-order valence-corrected chi connectivity index (χ2v) is 8.27. The number of hydrogen-bond acceptors (Lipinski definition) is 7. The van der Waals surface area contributed by atoms with E-state index in [1.807, 2.05) is 24.3 Å². The van der Waals surface area contributed by atoms with Gasteiger partial charge in [0.2, 0.25) is 0 Å². The molecule has 0 atom stereocenters. The molecule has 0 aliphatic carbocycles. The minimum absolute atomic E-state index is 0.0733.